The number of aromatic nitrogens is 1. The van der Waals surface area contributed by atoms with E-state index in [-0.39, 0.29) is 15.6 Å². The summed E-state index contributed by atoms with van der Waals surface area (Å²) < 4.78 is 3.08. The molecule has 3 rings (SSSR count). The summed E-state index contributed by atoms with van der Waals surface area (Å²) in [6.45, 7) is 4.10. The Bertz CT molecular complexity index is 1080. The van der Waals surface area contributed by atoms with Crippen molar-refractivity contribution in [1.82, 2.24) is 4.57 Å². The van der Waals surface area contributed by atoms with E-state index in [0.717, 1.165) is 16.9 Å². The molecule has 10 heteroatoms. The third kappa shape index (κ3) is 3.52. The first-order valence-corrected chi connectivity index (χ1v) is 9.22. The summed E-state index contributed by atoms with van der Waals surface area (Å²) >= 11 is 14.1. The Hall–Kier alpha value is -2.00. The number of nitro groups is 1. The topological polar surface area (TPSA) is 77.5 Å². The lowest BCUT2D eigenvalue weighted by molar-refractivity contribution is -0.384. The number of hydrogen-bond acceptors (Lipinski definition) is 5. The molecule has 0 aliphatic heterocycles. The van der Waals surface area contributed by atoms with Crippen molar-refractivity contribution in [3.05, 3.63) is 66.1 Å². The molecule has 0 unspecified atom stereocenters. The second-order valence-electron chi connectivity index (χ2n) is 4.85. The van der Waals surface area contributed by atoms with Gasteiger partial charge in [0.05, 0.1) is 25.0 Å². The van der Waals surface area contributed by atoms with Crippen molar-refractivity contribution >= 4 is 67.7 Å². The number of non-ortho nitro benzene ring substituents is 1. The van der Waals surface area contributed by atoms with E-state index < -0.39 is 10.8 Å². The zero-order valence-corrected chi connectivity index (χ0v) is 15.6. The smallest absolute Gasteiger partial charge is 0.282 e. The highest BCUT2D eigenvalue weighted by atomic mass is 35.5. The van der Waals surface area contributed by atoms with Crippen molar-refractivity contribution in [3.63, 3.8) is 0 Å². The first kappa shape index (κ1) is 17.8. The molecule has 128 valence electrons. The first-order valence-electron chi connectivity index (χ1n) is 6.83. The Balaban J connectivity index is 2.18. The highest BCUT2D eigenvalue weighted by Crippen LogP contribution is 2.31. The van der Waals surface area contributed by atoms with Crippen LogP contribution in [-0.4, -0.2) is 15.4 Å². The Morgan fingerprint density at radius 2 is 2.12 bits per heavy atom. The van der Waals surface area contributed by atoms with Gasteiger partial charge in [-0.15, -0.1) is 17.9 Å². The summed E-state index contributed by atoms with van der Waals surface area (Å²) in [6.07, 6.45) is 1.66. The van der Waals surface area contributed by atoms with Crippen molar-refractivity contribution in [2.45, 2.75) is 6.54 Å². The molecule has 0 saturated carbocycles. The molecule has 2 heterocycles. The number of benzene rings is 1. The highest BCUT2D eigenvalue weighted by molar-refractivity contribution is 7.20. The van der Waals surface area contributed by atoms with Crippen LogP contribution in [0.2, 0.25) is 8.67 Å². The number of nitrogens with zero attached hydrogens (tertiary/aromatic N) is 3. The van der Waals surface area contributed by atoms with Crippen LogP contribution in [0.3, 0.4) is 0 Å². The molecule has 6 nitrogen and oxygen atoms in total. The lowest BCUT2D eigenvalue weighted by Crippen LogP contribution is -2.16. The number of rotatable bonds is 4. The van der Waals surface area contributed by atoms with Crippen molar-refractivity contribution in [3.8, 4) is 0 Å². The Kier molecular flexibility index (Phi) is 5.05. The van der Waals surface area contributed by atoms with Gasteiger partial charge in [-0.2, -0.15) is 4.99 Å². The third-order valence-electron chi connectivity index (χ3n) is 3.27. The van der Waals surface area contributed by atoms with Crippen molar-refractivity contribution in [2.24, 2.45) is 4.99 Å². The Labute approximate surface area is 159 Å². The lowest BCUT2D eigenvalue weighted by Gasteiger charge is -2.00. The lowest BCUT2D eigenvalue weighted by atomic mass is 10.3. The minimum Gasteiger partial charge on any atom is -0.312 e. The molecular formula is C15H9Cl2N3O3S2. The molecule has 0 aliphatic rings. The number of thiophene rings is 1. The predicted octanol–water partition coefficient (Wildman–Crippen LogP) is 4.91. The molecule has 2 aromatic heterocycles. The van der Waals surface area contributed by atoms with E-state index in [1.807, 2.05) is 0 Å². The molecule has 3 aromatic rings. The summed E-state index contributed by atoms with van der Waals surface area (Å²) in [4.78, 5) is 27.4. The second kappa shape index (κ2) is 7.09. The van der Waals surface area contributed by atoms with Gasteiger partial charge in [-0.25, -0.2) is 0 Å². The summed E-state index contributed by atoms with van der Waals surface area (Å²) in [5.74, 6) is -0.521. The number of fused-ring (bicyclic) bond motifs is 1. The molecule has 0 spiro atoms. The molecule has 0 fully saturated rings. The largest absolute Gasteiger partial charge is 0.312 e. The van der Waals surface area contributed by atoms with Crippen LogP contribution in [0.1, 0.15) is 10.4 Å². The number of amides is 1. The van der Waals surface area contributed by atoms with Gasteiger partial charge in [-0.05, 0) is 12.1 Å². The van der Waals surface area contributed by atoms with Crippen LogP contribution >= 0.6 is 45.9 Å². The molecule has 0 radical (unpaired) electrons. The van der Waals surface area contributed by atoms with Crippen LogP contribution in [0, 0.1) is 10.1 Å². The van der Waals surface area contributed by atoms with Crippen LogP contribution in [0.25, 0.3) is 10.2 Å². The van der Waals surface area contributed by atoms with Crippen LogP contribution < -0.4 is 4.80 Å². The standard InChI is InChI=1S/C15H9Cl2N3O3S2/c1-2-5-19-10-4-3-8(20(22)23)6-11(10)24-15(19)18-14(21)9-7-12(16)25-13(9)17/h2-4,6-7H,1,5H2. The molecular weight excluding hydrogens is 405 g/mol. The van der Waals surface area contributed by atoms with Crippen LogP contribution in [0.5, 0.6) is 0 Å². The average molecular weight is 414 g/mol. The van der Waals surface area contributed by atoms with Crippen LogP contribution in [0.15, 0.2) is 41.9 Å². The summed E-state index contributed by atoms with van der Waals surface area (Å²) in [5, 5.41) is 10.9. The number of carbonyl (C=O) groups excluding carboxylic acids is 1. The van der Waals surface area contributed by atoms with Gasteiger partial charge >= 0.3 is 0 Å². The van der Waals surface area contributed by atoms with E-state index in [2.05, 4.69) is 11.6 Å². The molecule has 1 amide bonds. The SMILES string of the molecule is C=CCn1c(=NC(=O)c2cc(Cl)sc2Cl)sc2cc([N+](=O)[O-])ccc21. The van der Waals surface area contributed by atoms with Gasteiger partial charge in [0, 0.05) is 18.7 Å². The quantitative estimate of drug-likeness (QED) is 0.346. The zero-order valence-electron chi connectivity index (χ0n) is 12.4. The van der Waals surface area contributed by atoms with E-state index in [1.165, 1.54) is 29.5 Å². The van der Waals surface area contributed by atoms with Gasteiger partial charge < -0.3 is 4.57 Å². The summed E-state index contributed by atoms with van der Waals surface area (Å²) in [6, 6.07) is 5.97. The minimum absolute atomic E-state index is 0.0231. The van der Waals surface area contributed by atoms with Gasteiger partial charge in [0.2, 0.25) is 0 Å². The van der Waals surface area contributed by atoms with E-state index in [1.54, 1.807) is 16.7 Å². The predicted molar refractivity (Wildman–Crippen MR) is 101 cm³/mol. The highest BCUT2D eigenvalue weighted by Gasteiger charge is 2.16. The van der Waals surface area contributed by atoms with E-state index in [9.17, 15) is 14.9 Å². The number of carbonyl (C=O) groups is 1. The first-order chi connectivity index (χ1) is 11.9. The van der Waals surface area contributed by atoms with Crippen LogP contribution in [0.4, 0.5) is 5.69 Å². The molecule has 1 aromatic carbocycles. The number of thiazole rings is 1. The third-order valence-corrected chi connectivity index (χ3v) is 5.80. The maximum Gasteiger partial charge on any atom is 0.282 e. The number of nitro benzene ring substituents is 1. The van der Waals surface area contributed by atoms with E-state index in [4.69, 9.17) is 23.2 Å². The van der Waals surface area contributed by atoms with E-state index >= 15 is 0 Å². The molecule has 0 N–H and O–H groups in total. The maximum atomic E-state index is 12.4. The van der Waals surface area contributed by atoms with Crippen molar-refractivity contribution < 1.29 is 9.72 Å². The van der Waals surface area contributed by atoms with Gasteiger partial charge in [0.15, 0.2) is 4.80 Å². The van der Waals surface area contributed by atoms with Gasteiger partial charge in [0.25, 0.3) is 11.6 Å². The molecule has 0 atom stereocenters. The van der Waals surface area contributed by atoms with Crippen molar-refractivity contribution in [1.29, 1.82) is 0 Å². The molecule has 0 bridgehead atoms. The fraction of sp³-hybridized carbons (Fsp3) is 0.0667. The fourth-order valence-corrected chi connectivity index (χ4v) is 4.72. The Morgan fingerprint density at radius 1 is 1.36 bits per heavy atom. The maximum absolute atomic E-state index is 12.4. The summed E-state index contributed by atoms with van der Waals surface area (Å²) in [5.41, 5.74) is 0.937. The normalized spacial score (nSPS) is 11.8. The average Bonchev–Trinajstić information content (AvgIpc) is 3.07. The molecule has 0 aliphatic carbocycles. The van der Waals surface area contributed by atoms with Gasteiger partial charge in [-0.3, -0.25) is 14.9 Å². The van der Waals surface area contributed by atoms with Gasteiger partial charge in [0.1, 0.15) is 4.34 Å². The Morgan fingerprint density at radius 3 is 2.72 bits per heavy atom. The number of allylic oxidation sites excluding steroid dienone is 1. The van der Waals surface area contributed by atoms with Crippen LogP contribution in [-0.2, 0) is 6.54 Å². The monoisotopic (exact) mass is 413 g/mol. The minimum atomic E-state index is -0.521. The van der Waals surface area contributed by atoms with E-state index in [0.29, 0.717) is 20.4 Å². The number of halogens is 2. The number of hydrogen-bond donors (Lipinski definition) is 0. The second-order valence-corrected chi connectivity index (χ2v) is 8.14. The summed E-state index contributed by atoms with van der Waals surface area (Å²) in [7, 11) is 0. The fourth-order valence-electron chi connectivity index (χ4n) is 2.20. The zero-order chi connectivity index (χ0) is 18.1. The van der Waals surface area contributed by atoms with Gasteiger partial charge in [-0.1, -0.05) is 40.6 Å². The molecule has 0 saturated heterocycles. The molecule has 25 heavy (non-hydrogen) atoms. The van der Waals surface area contributed by atoms with Crippen molar-refractivity contribution in [2.75, 3.05) is 0 Å².